The fraction of sp³-hybridized carbons (Fsp3) is 0.444. The Labute approximate surface area is 204 Å². The van der Waals surface area contributed by atoms with Crippen LogP contribution in [0.5, 0.6) is 0 Å². The number of hydrogen-bond donors (Lipinski definition) is 3. The lowest BCUT2D eigenvalue weighted by Gasteiger charge is -2.40. The van der Waals surface area contributed by atoms with Gasteiger partial charge >= 0.3 is 12.1 Å². The highest BCUT2D eigenvalue weighted by molar-refractivity contribution is 5.84. The third kappa shape index (κ3) is 5.32. The van der Waals surface area contributed by atoms with Gasteiger partial charge in [0, 0.05) is 19.0 Å². The fourth-order valence-corrected chi connectivity index (χ4v) is 5.47. The second-order valence-electron chi connectivity index (χ2n) is 9.71. The maximum atomic E-state index is 12.8. The van der Waals surface area contributed by atoms with Crippen LogP contribution in [0.1, 0.15) is 43.7 Å². The van der Waals surface area contributed by atoms with Crippen molar-refractivity contribution in [1.29, 1.82) is 0 Å². The number of likely N-dealkylation sites (tertiary alicyclic amines) is 1. The maximum Gasteiger partial charge on any atom is 0.407 e. The number of alkyl carbamates (subject to hydrolysis) is 1. The molecule has 186 valence electrons. The van der Waals surface area contributed by atoms with Crippen molar-refractivity contribution in [2.75, 3.05) is 19.7 Å². The number of rotatable bonds is 7. The number of piperidine rings is 1. The molecule has 2 aliphatic rings. The number of carboxylic acid groups (broad SMARTS) is 1. The lowest BCUT2D eigenvalue weighted by molar-refractivity contribution is -0.156. The number of aliphatic carboxylic acids is 1. The van der Waals surface area contributed by atoms with E-state index in [-0.39, 0.29) is 37.3 Å². The number of fused-ring (bicyclic) bond motifs is 3. The number of carbonyl (C=O) groups is 3. The van der Waals surface area contributed by atoms with Crippen LogP contribution in [-0.2, 0) is 14.3 Å². The van der Waals surface area contributed by atoms with Gasteiger partial charge in [-0.25, -0.2) is 9.59 Å². The van der Waals surface area contributed by atoms with Crippen LogP contribution in [0.15, 0.2) is 48.5 Å². The van der Waals surface area contributed by atoms with Gasteiger partial charge < -0.3 is 25.2 Å². The minimum Gasteiger partial charge on any atom is -0.480 e. The van der Waals surface area contributed by atoms with E-state index in [0.717, 1.165) is 28.7 Å². The molecule has 1 heterocycles. The van der Waals surface area contributed by atoms with Gasteiger partial charge in [-0.3, -0.25) is 4.79 Å². The summed E-state index contributed by atoms with van der Waals surface area (Å²) in [6.07, 6.45) is -1.37. The average Bonchev–Trinajstić information content (AvgIpc) is 3.14. The number of ether oxygens (including phenoxy) is 1. The van der Waals surface area contributed by atoms with Gasteiger partial charge in [-0.05, 0) is 40.5 Å². The van der Waals surface area contributed by atoms with Gasteiger partial charge in [0.15, 0.2) is 0 Å². The smallest absolute Gasteiger partial charge is 0.407 e. The molecule has 2 aromatic carbocycles. The molecule has 1 aliphatic heterocycles. The number of carboxylic acids is 1. The van der Waals surface area contributed by atoms with Crippen LogP contribution < -0.4 is 5.32 Å². The first-order valence-corrected chi connectivity index (χ1v) is 12.1. The monoisotopic (exact) mass is 480 g/mol. The van der Waals surface area contributed by atoms with Crippen LogP contribution in [-0.4, -0.2) is 64.9 Å². The zero-order valence-corrected chi connectivity index (χ0v) is 20.0. The van der Waals surface area contributed by atoms with Crippen LogP contribution in [0, 0.1) is 11.8 Å². The summed E-state index contributed by atoms with van der Waals surface area (Å²) >= 11 is 0. The van der Waals surface area contributed by atoms with Gasteiger partial charge in [0.2, 0.25) is 5.91 Å². The summed E-state index contributed by atoms with van der Waals surface area (Å²) in [5, 5.41) is 22.4. The minimum atomic E-state index is -1.15. The van der Waals surface area contributed by atoms with E-state index >= 15 is 0 Å². The molecule has 4 unspecified atom stereocenters. The minimum absolute atomic E-state index is 0.0734. The normalized spacial score (nSPS) is 22.1. The summed E-state index contributed by atoms with van der Waals surface area (Å²) in [5.41, 5.74) is 4.47. The van der Waals surface area contributed by atoms with Crippen molar-refractivity contribution in [1.82, 2.24) is 10.2 Å². The van der Waals surface area contributed by atoms with E-state index in [2.05, 4.69) is 17.4 Å². The van der Waals surface area contributed by atoms with Crippen molar-refractivity contribution < 1.29 is 29.3 Å². The van der Waals surface area contributed by atoms with Crippen molar-refractivity contribution in [3.05, 3.63) is 59.7 Å². The lowest BCUT2D eigenvalue weighted by Crippen LogP contribution is -2.54. The summed E-state index contributed by atoms with van der Waals surface area (Å²) < 4.78 is 5.45. The summed E-state index contributed by atoms with van der Waals surface area (Å²) in [5.74, 6) is -1.53. The zero-order chi connectivity index (χ0) is 25.1. The molecule has 8 heteroatoms. The van der Waals surface area contributed by atoms with Crippen molar-refractivity contribution in [2.45, 2.75) is 44.8 Å². The third-order valence-corrected chi connectivity index (χ3v) is 6.97. The molecule has 1 saturated heterocycles. The lowest BCUT2D eigenvalue weighted by atomic mass is 9.85. The zero-order valence-electron chi connectivity index (χ0n) is 20.0. The molecule has 0 saturated carbocycles. The van der Waals surface area contributed by atoms with Gasteiger partial charge in [0.1, 0.15) is 12.6 Å². The summed E-state index contributed by atoms with van der Waals surface area (Å²) in [4.78, 5) is 38.1. The predicted octanol–water partition coefficient (Wildman–Crippen LogP) is 3.23. The highest BCUT2D eigenvalue weighted by atomic mass is 16.5. The van der Waals surface area contributed by atoms with E-state index in [9.17, 15) is 24.6 Å². The average molecular weight is 481 g/mol. The first-order chi connectivity index (χ1) is 16.8. The Hall–Kier alpha value is -3.39. The Morgan fingerprint density at radius 1 is 1.06 bits per heavy atom. The number of aliphatic hydroxyl groups excluding tert-OH is 1. The largest absolute Gasteiger partial charge is 0.480 e. The second-order valence-corrected chi connectivity index (χ2v) is 9.71. The van der Waals surface area contributed by atoms with Gasteiger partial charge in [-0.2, -0.15) is 0 Å². The maximum absolute atomic E-state index is 12.8. The second kappa shape index (κ2) is 10.5. The van der Waals surface area contributed by atoms with Crippen LogP contribution in [0.4, 0.5) is 4.79 Å². The topological polar surface area (TPSA) is 116 Å². The number of aliphatic hydroxyl groups is 1. The first-order valence-electron chi connectivity index (χ1n) is 12.1. The molecule has 1 fully saturated rings. The number of nitrogens with zero attached hydrogens (tertiary/aromatic N) is 1. The molecule has 4 rings (SSSR count). The molecule has 35 heavy (non-hydrogen) atoms. The SMILES string of the molecule is CC1CC(C)C(C(=O)O)N(C(=O)CC(O)CNC(=O)OCC2c3ccccc3-c3ccccc32)C1. The highest BCUT2D eigenvalue weighted by Gasteiger charge is 2.39. The number of benzene rings is 2. The van der Waals surface area contributed by atoms with E-state index in [0.29, 0.717) is 6.54 Å². The van der Waals surface area contributed by atoms with Crippen molar-refractivity contribution in [3.63, 3.8) is 0 Å². The molecule has 3 N–H and O–H groups in total. The summed E-state index contributed by atoms with van der Waals surface area (Å²) in [6.45, 7) is 4.12. The number of hydrogen-bond acceptors (Lipinski definition) is 5. The third-order valence-electron chi connectivity index (χ3n) is 6.97. The molecule has 0 bridgehead atoms. The van der Waals surface area contributed by atoms with E-state index in [4.69, 9.17) is 4.74 Å². The molecule has 2 amide bonds. The van der Waals surface area contributed by atoms with Crippen LogP contribution in [0.3, 0.4) is 0 Å². The molecule has 0 radical (unpaired) electrons. The number of nitrogens with one attached hydrogen (secondary N) is 1. The van der Waals surface area contributed by atoms with Crippen LogP contribution in [0.25, 0.3) is 11.1 Å². The van der Waals surface area contributed by atoms with Gasteiger partial charge in [-0.15, -0.1) is 0 Å². The summed E-state index contributed by atoms with van der Waals surface area (Å²) in [7, 11) is 0. The molecular weight excluding hydrogens is 448 g/mol. The Morgan fingerprint density at radius 3 is 2.26 bits per heavy atom. The van der Waals surface area contributed by atoms with Crippen LogP contribution >= 0.6 is 0 Å². The standard InChI is InChI=1S/C27H32N2O6/c1-16-11-17(2)25(26(32)33)29(14-16)24(31)12-18(30)13-28-27(34)35-15-23-21-9-5-3-7-19(21)20-8-4-6-10-22(20)23/h3-10,16-18,23,25,30H,11-15H2,1-2H3,(H,28,34)(H,32,33). The van der Waals surface area contributed by atoms with Gasteiger partial charge in [0.25, 0.3) is 0 Å². The van der Waals surface area contributed by atoms with E-state index < -0.39 is 30.1 Å². The van der Waals surface area contributed by atoms with Crippen LogP contribution in [0.2, 0.25) is 0 Å². The van der Waals surface area contributed by atoms with E-state index in [1.54, 1.807) is 0 Å². The quantitative estimate of drug-likeness (QED) is 0.560. The Balaban J connectivity index is 1.28. The molecule has 1 aliphatic carbocycles. The van der Waals surface area contributed by atoms with E-state index in [1.165, 1.54) is 4.90 Å². The predicted molar refractivity (Wildman–Crippen MR) is 130 cm³/mol. The highest BCUT2D eigenvalue weighted by Crippen LogP contribution is 2.44. The molecule has 4 atom stereocenters. The Kier molecular flexibility index (Phi) is 7.40. The molecular formula is C27H32N2O6. The van der Waals surface area contributed by atoms with Crippen molar-refractivity contribution in [3.8, 4) is 11.1 Å². The van der Waals surface area contributed by atoms with Gasteiger partial charge in [-0.1, -0.05) is 62.4 Å². The Morgan fingerprint density at radius 2 is 1.66 bits per heavy atom. The molecule has 0 spiro atoms. The first kappa shape index (κ1) is 24.7. The number of amides is 2. The Bertz CT molecular complexity index is 1060. The van der Waals surface area contributed by atoms with Crippen molar-refractivity contribution in [2.24, 2.45) is 11.8 Å². The molecule has 0 aromatic heterocycles. The summed E-state index contributed by atoms with van der Waals surface area (Å²) in [6, 6.07) is 15.2. The molecule has 2 aromatic rings. The van der Waals surface area contributed by atoms with E-state index in [1.807, 2.05) is 50.2 Å². The van der Waals surface area contributed by atoms with Gasteiger partial charge in [0.05, 0.1) is 12.5 Å². The number of carbonyl (C=O) groups excluding carboxylic acids is 2. The van der Waals surface area contributed by atoms with Crippen molar-refractivity contribution >= 4 is 18.0 Å². The molecule has 8 nitrogen and oxygen atoms in total. The fourth-order valence-electron chi connectivity index (χ4n) is 5.47.